The highest BCUT2D eigenvalue weighted by Crippen LogP contribution is 2.35. The van der Waals surface area contributed by atoms with Gasteiger partial charge in [0.05, 0.1) is 13.2 Å². The lowest BCUT2D eigenvalue weighted by molar-refractivity contribution is -0.0809. The molecular formula is C19H19N5O7. The number of aromatic hydroxyl groups is 1. The van der Waals surface area contributed by atoms with Crippen LogP contribution in [0.2, 0.25) is 0 Å². The number of nitrogens with one attached hydrogen (secondary N) is 2. The van der Waals surface area contributed by atoms with E-state index in [4.69, 9.17) is 5.11 Å². The molecule has 0 amide bonds. The van der Waals surface area contributed by atoms with Crippen molar-refractivity contribution in [1.29, 1.82) is 0 Å². The van der Waals surface area contributed by atoms with E-state index >= 15 is 0 Å². The minimum absolute atomic E-state index is 0.0275. The summed E-state index contributed by atoms with van der Waals surface area (Å²) in [5.41, 5.74) is -0.955. The topological polar surface area (TPSA) is 198 Å². The van der Waals surface area contributed by atoms with Gasteiger partial charge in [-0.3, -0.25) is 14.3 Å². The number of aliphatic hydroxyl groups is 4. The molecule has 0 spiro atoms. The van der Waals surface area contributed by atoms with Crippen LogP contribution in [0.4, 0.5) is 0 Å². The third-order valence-electron chi connectivity index (χ3n) is 4.99. The van der Waals surface area contributed by atoms with Gasteiger partial charge >= 0.3 is 5.69 Å². The minimum Gasteiger partial charge on any atom is -0.493 e. The van der Waals surface area contributed by atoms with Gasteiger partial charge in [0.25, 0.3) is 5.56 Å². The summed E-state index contributed by atoms with van der Waals surface area (Å²) in [6.45, 7) is -1.37. The van der Waals surface area contributed by atoms with Gasteiger partial charge in [0.1, 0.15) is 24.0 Å². The average Bonchev–Trinajstić information content (AvgIpc) is 3.18. The van der Waals surface area contributed by atoms with Crippen LogP contribution in [-0.4, -0.2) is 75.0 Å². The Kier molecular flexibility index (Phi) is 5.29. The zero-order valence-corrected chi connectivity index (χ0v) is 15.9. The van der Waals surface area contributed by atoms with E-state index in [1.807, 2.05) is 11.1 Å². The fourth-order valence-electron chi connectivity index (χ4n) is 3.39. The Hall–Kier alpha value is -3.58. The molecule has 0 saturated heterocycles. The first kappa shape index (κ1) is 20.7. The summed E-state index contributed by atoms with van der Waals surface area (Å²) in [4.78, 5) is 37.0. The molecule has 1 aromatic carbocycles. The monoisotopic (exact) mass is 429 g/mol. The van der Waals surface area contributed by atoms with Crippen LogP contribution in [0.1, 0.15) is 0 Å². The molecule has 31 heavy (non-hydrogen) atoms. The van der Waals surface area contributed by atoms with Gasteiger partial charge in [0, 0.05) is 22.7 Å². The number of hydrogen-bond acceptors (Lipinski definition) is 9. The number of hydrogen-bond donors (Lipinski definition) is 7. The van der Waals surface area contributed by atoms with E-state index in [-0.39, 0.29) is 17.2 Å². The molecule has 0 bridgehead atoms. The number of benzene rings is 1. The van der Waals surface area contributed by atoms with Crippen LogP contribution in [0.3, 0.4) is 0 Å². The van der Waals surface area contributed by atoms with Gasteiger partial charge in [-0.05, 0) is 6.07 Å². The zero-order chi connectivity index (χ0) is 22.3. The van der Waals surface area contributed by atoms with Gasteiger partial charge in [-0.15, -0.1) is 0 Å². The molecule has 3 atom stereocenters. The van der Waals surface area contributed by atoms with E-state index in [9.17, 15) is 30.0 Å². The first-order chi connectivity index (χ1) is 14.8. The van der Waals surface area contributed by atoms with E-state index in [2.05, 4.69) is 15.0 Å². The summed E-state index contributed by atoms with van der Waals surface area (Å²) in [7, 11) is 0. The zero-order valence-electron chi connectivity index (χ0n) is 15.9. The average molecular weight is 429 g/mol. The highest BCUT2D eigenvalue weighted by molar-refractivity contribution is 5.95. The summed E-state index contributed by atoms with van der Waals surface area (Å²) >= 11 is 0. The van der Waals surface area contributed by atoms with Crippen molar-refractivity contribution in [2.24, 2.45) is 0 Å². The number of aromatic nitrogens is 5. The molecule has 7 N–H and O–H groups in total. The molecule has 12 nitrogen and oxygen atoms in total. The molecule has 162 valence electrons. The van der Waals surface area contributed by atoms with Crippen molar-refractivity contribution in [3.63, 3.8) is 0 Å². The van der Waals surface area contributed by atoms with Crippen LogP contribution in [0.15, 0.2) is 40.1 Å². The van der Waals surface area contributed by atoms with Gasteiger partial charge < -0.3 is 30.5 Å². The lowest BCUT2D eigenvalue weighted by atomic mass is 10.1. The number of aliphatic hydroxyl groups excluding tert-OH is 4. The molecule has 0 saturated carbocycles. The van der Waals surface area contributed by atoms with E-state index in [1.54, 1.807) is 24.4 Å². The normalized spacial score (nSPS) is 14.7. The molecule has 2 aliphatic rings. The molecule has 0 radical (unpaired) electrons. The standard InChI is InChI=1S/C19H19N5O7/c25-7-12(27)15(28)11(26)6-24-16-14(17(29)23-19(31)22-16)21-13(18(24)30)9-5-20-10-4-2-1-3-8(9)10/h1-5,11-12,15,20,25-28,30H,6-7H2,(H,23,29,31)/t11-,12+,15-/m0/s1. The predicted molar refractivity (Wildman–Crippen MR) is 108 cm³/mol. The van der Waals surface area contributed by atoms with Crippen LogP contribution < -0.4 is 11.2 Å². The number of rotatable bonds is 6. The lowest BCUT2D eigenvalue weighted by Crippen LogP contribution is -2.42. The molecular weight excluding hydrogens is 410 g/mol. The first-order valence-corrected chi connectivity index (χ1v) is 9.27. The minimum atomic E-state index is -1.77. The number of nitrogens with zero attached hydrogens (tertiary/aromatic N) is 3. The van der Waals surface area contributed by atoms with Gasteiger partial charge in [0.2, 0.25) is 5.88 Å². The largest absolute Gasteiger partial charge is 0.493 e. The highest BCUT2D eigenvalue weighted by Gasteiger charge is 2.29. The van der Waals surface area contributed by atoms with Crippen molar-refractivity contribution in [3.05, 3.63) is 51.3 Å². The first-order valence-electron chi connectivity index (χ1n) is 9.27. The molecule has 2 aromatic rings. The summed E-state index contributed by atoms with van der Waals surface area (Å²) in [5, 5.41) is 50.6. The second kappa shape index (κ2) is 7.92. The Labute approximate surface area is 173 Å². The van der Waals surface area contributed by atoms with Crippen molar-refractivity contribution < 1.29 is 25.5 Å². The Morgan fingerprint density at radius 1 is 1.03 bits per heavy atom. The third kappa shape index (κ3) is 3.57. The molecule has 12 heteroatoms. The number of para-hydroxylation sites is 1. The maximum absolute atomic E-state index is 12.4. The van der Waals surface area contributed by atoms with Gasteiger partial charge in [-0.1, -0.05) is 18.2 Å². The summed E-state index contributed by atoms with van der Waals surface area (Å²) in [6.07, 6.45) is -3.53. The van der Waals surface area contributed by atoms with Crippen molar-refractivity contribution >= 4 is 10.9 Å². The maximum Gasteiger partial charge on any atom is 0.349 e. The molecule has 0 unspecified atom stereocenters. The van der Waals surface area contributed by atoms with Gasteiger partial charge in [-0.2, -0.15) is 4.98 Å². The fourth-order valence-corrected chi connectivity index (χ4v) is 3.39. The number of H-pyrrole nitrogens is 2. The summed E-state index contributed by atoms with van der Waals surface area (Å²) < 4.78 is 0.952. The molecule has 3 heterocycles. The summed E-state index contributed by atoms with van der Waals surface area (Å²) in [6, 6.07) is 7.17. The SMILES string of the molecule is O=c1nc2n(C[C@H](O)[C@H](O)[C@H](O)CO)c(O)c(-c3c[nH]c4ccccc34)nc-2c(=O)[nH]1. The van der Waals surface area contributed by atoms with E-state index < -0.39 is 48.6 Å². The second-order valence-corrected chi connectivity index (χ2v) is 6.99. The Balaban J connectivity index is 1.95. The van der Waals surface area contributed by atoms with Crippen LogP contribution in [0.25, 0.3) is 33.7 Å². The highest BCUT2D eigenvalue weighted by atomic mass is 16.4. The van der Waals surface area contributed by atoms with Crippen molar-refractivity contribution in [2.45, 2.75) is 24.9 Å². The van der Waals surface area contributed by atoms with Gasteiger partial charge in [0.15, 0.2) is 11.5 Å². The van der Waals surface area contributed by atoms with Gasteiger partial charge in [-0.25, -0.2) is 9.78 Å². The maximum atomic E-state index is 12.4. The van der Waals surface area contributed by atoms with Crippen LogP contribution >= 0.6 is 0 Å². The smallest absolute Gasteiger partial charge is 0.349 e. The molecule has 0 fully saturated rings. The van der Waals surface area contributed by atoms with Crippen LogP contribution in [0.5, 0.6) is 5.88 Å². The molecule has 0 aliphatic carbocycles. The fraction of sp³-hybridized carbons (Fsp3) is 0.263. The van der Waals surface area contributed by atoms with E-state index in [1.165, 1.54) is 0 Å². The van der Waals surface area contributed by atoms with Crippen molar-refractivity contribution in [2.75, 3.05) is 6.61 Å². The second-order valence-electron chi connectivity index (χ2n) is 6.99. The third-order valence-corrected chi connectivity index (χ3v) is 4.99. The molecule has 1 aromatic heterocycles. The molecule has 2 aliphatic heterocycles. The predicted octanol–water partition coefficient (Wildman–Crippen LogP) is -1.64. The quantitative estimate of drug-likeness (QED) is 0.188. The number of fused-ring (bicyclic) bond motifs is 2. The van der Waals surface area contributed by atoms with Crippen molar-refractivity contribution in [1.82, 2.24) is 24.5 Å². The van der Waals surface area contributed by atoms with Crippen LogP contribution in [0, 0.1) is 0 Å². The Bertz CT molecular complexity index is 1330. The molecule has 4 rings (SSSR count). The van der Waals surface area contributed by atoms with Crippen LogP contribution in [-0.2, 0) is 6.54 Å². The van der Waals surface area contributed by atoms with E-state index in [0.29, 0.717) is 10.9 Å². The Morgan fingerprint density at radius 3 is 2.52 bits per heavy atom. The van der Waals surface area contributed by atoms with E-state index in [0.717, 1.165) is 10.1 Å². The summed E-state index contributed by atoms with van der Waals surface area (Å²) in [5.74, 6) is -0.848. The number of aromatic amines is 2. The van der Waals surface area contributed by atoms with Crippen molar-refractivity contribution in [3.8, 4) is 28.7 Å². The Morgan fingerprint density at radius 2 is 1.77 bits per heavy atom. The lowest BCUT2D eigenvalue weighted by Gasteiger charge is -2.25.